The van der Waals surface area contributed by atoms with Crippen molar-refractivity contribution in [3.8, 4) is 5.75 Å². The van der Waals surface area contributed by atoms with Crippen molar-refractivity contribution in [1.29, 1.82) is 0 Å². The number of methoxy groups -OCH3 is 1. The van der Waals surface area contributed by atoms with Gasteiger partial charge in [-0.05, 0) is 17.5 Å². The number of furan rings is 1. The van der Waals surface area contributed by atoms with Crippen LogP contribution in [-0.4, -0.2) is 13.2 Å². The molecule has 1 heterocycles. The van der Waals surface area contributed by atoms with Crippen LogP contribution in [-0.2, 0) is 12.0 Å². The Morgan fingerprint density at radius 1 is 1.25 bits per heavy atom. The van der Waals surface area contributed by atoms with Gasteiger partial charge < -0.3 is 14.5 Å². The monoisotopic (exact) mass is 275 g/mol. The van der Waals surface area contributed by atoms with E-state index in [1.165, 1.54) is 11.1 Å². The van der Waals surface area contributed by atoms with E-state index in [0.29, 0.717) is 6.04 Å². The molecule has 1 aromatic carbocycles. The van der Waals surface area contributed by atoms with E-state index in [4.69, 9.17) is 9.15 Å². The lowest BCUT2D eigenvalue weighted by atomic mass is 9.85. The second-order valence-corrected chi connectivity index (χ2v) is 6.60. The van der Waals surface area contributed by atoms with E-state index in [0.717, 1.165) is 23.3 Å². The van der Waals surface area contributed by atoms with Crippen molar-refractivity contribution in [2.75, 3.05) is 7.11 Å². The van der Waals surface area contributed by atoms with Crippen molar-refractivity contribution < 1.29 is 9.15 Å². The highest BCUT2D eigenvalue weighted by atomic mass is 16.5. The summed E-state index contributed by atoms with van der Waals surface area (Å²) in [5.74, 6) is 0.884. The lowest BCUT2D eigenvalue weighted by molar-refractivity contribution is 0.413. The van der Waals surface area contributed by atoms with E-state index in [1.54, 1.807) is 7.11 Å². The maximum Gasteiger partial charge on any atom is 0.138 e. The molecule has 3 heteroatoms. The molecule has 1 aromatic heterocycles. The Balaban J connectivity index is 2.54. The molecule has 0 atom stereocenters. The highest BCUT2D eigenvalue weighted by molar-refractivity contribution is 5.86. The summed E-state index contributed by atoms with van der Waals surface area (Å²) < 4.78 is 11.3. The van der Waals surface area contributed by atoms with Crippen LogP contribution in [0.1, 0.15) is 45.7 Å². The van der Waals surface area contributed by atoms with Gasteiger partial charge in [0, 0.05) is 29.1 Å². The van der Waals surface area contributed by atoms with Crippen LogP contribution < -0.4 is 10.1 Å². The molecule has 0 saturated heterocycles. The van der Waals surface area contributed by atoms with Crippen LogP contribution in [0.2, 0.25) is 0 Å². The van der Waals surface area contributed by atoms with Crippen LogP contribution in [0, 0.1) is 0 Å². The number of nitrogens with one attached hydrogen (secondary N) is 1. The van der Waals surface area contributed by atoms with Gasteiger partial charge in [-0.3, -0.25) is 0 Å². The van der Waals surface area contributed by atoms with Crippen molar-refractivity contribution in [3.63, 3.8) is 0 Å². The quantitative estimate of drug-likeness (QED) is 0.906. The van der Waals surface area contributed by atoms with E-state index in [-0.39, 0.29) is 5.41 Å². The van der Waals surface area contributed by atoms with Crippen molar-refractivity contribution in [3.05, 3.63) is 29.5 Å². The minimum absolute atomic E-state index is 0.0212. The van der Waals surface area contributed by atoms with E-state index < -0.39 is 0 Å². The zero-order valence-corrected chi connectivity index (χ0v) is 13.3. The molecule has 0 aliphatic carbocycles. The number of ether oxygens (including phenoxy) is 1. The van der Waals surface area contributed by atoms with Crippen LogP contribution in [0.5, 0.6) is 5.75 Å². The standard InChI is InChI=1S/C17H25NO2/c1-11(2)18-9-12-10-20-16-14(12)7-13(19-6)8-15(16)17(3,4)5/h7-8,10-11,18H,9H2,1-6H3. The fraction of sp³-hybridized carbons (Fsp3) is 0.529. The maximum atomic E-state index is 5.84. The smallest absolute Gasteiger partial charge is 0.138 e. The lowest BCUT2D eigenvalue weighted by Gasteiger charge is -2.20. The van der Waals surface area contributed by atoms with Gasteiger partial charge in [-0.25, -0.2) is 0 Å². The van der Waals surface area contributed by atoms with Gasteiger partial charge in [0.25, 0.3) is 0 Å². The summed E-state index contributed by atoms with van der Waals surface area (Å²) in [5.41, 5.74) is 3.35. The molecule has 110 valence electrons. The predicted octanol–water partition coefficient (Wildman–Crippen LogP) is 4.24. The van der Waals surface area contributed by atoms with Gasteiger partial charge in [-0.1, -0.05) is 34.6 Å². The zero-order chi connectivity index (χ0) is 14.9. The Bertz CT molecular complexity index is 591. The van der Waals surface area contributed by atoms with Crippen LogP contribution in [0.25, 0.3) is 11.0 Å². The van der Waals surface area contributed by atoms with Gasteiger partial charge >= 0.3 is 0 Å². The highest BCUT2D eigenvalue weighted by Gasteiger charge is 2.22. The van der Waals surface area contributed by atoms with Crippen molar-refractivity contribution in [2.45, 2.75) is 52.6 Å². The highest BCUT2D eigenvalue weighted by Crippen LogP contribution is 2.36. The topological polar surface area (TPSA) is 34.4 Å². The van der Waals surface area contributed by atoms with Gasteiger partial charge in [-0.2, -0.15) is 0 Å². The first-order chi connectivity index (χ1) is 9.32. The summed E-state index contributed by atoms with van der Waals surface area (Å²) in [6, 6.07) is 4.59. The molecule has 0 aliphatic heterocycles. The number of rotatable bonds is 4. The summed E-state index contributed by atoms with van der Waals surface area (Å²) in [7, 11) is 1.71. The minimum Gasteiger partial charge on any atom is -0.497 e. The molecular weight excluding hydrogens is 250 g/mol. The first-order valence-corrected chi connectivity index (χ1v) is 7.15. The molecule has 20 heavy (non-hydrogen) atoms. The molecule has 0 bridgehead atoms. The van der Waals surface area contributed by atoms with E-state index in [2.05, 4.69) is 52.1 Å². The Morgan fingerprint density at radius 3 is 2.50 bits per heavy atom. The fourth-order valence-corrected chi connectivity index (χ4v) is 2.29. The minimum atomic E-state index is 0.0212. The summed E-state index contributed by atoms with van der Waals surface area (Å²) in [6.45, 7) is 11.7. The normalized spacial score (nSPS) is 12.3. The molecule has 0 spiro atoms. The largest absolute Gasteiger partial charge is 0.497 e. The average molecular weight is 275 g/mol. The molecule has 2 aromatic rings. The summed E-state index contributed by atoms with van der Waals surface area (Å²) >= 11 is 0. The third-order valence-electron chi connectivity index (χ3n) is 3.47. The van der Waals surface area contributed by atoms with Crippen molar-refractivity contribution in [1.82, 2.24) is 5.32 Å². The van der Waals surface area contributed by atoms with Gasteiger partial charge in [0.05, 0.1) is 13.4 Å². The Kier molecular flexibility index (Phi) is 4.09. The number of benzene rings is 1. The molecule has 2 rings (SSSR count). The summed E-state index contributed by atoms with van der Waals surface area (Å²) in [5, 5.41) is 4.58. The first kappa shape index (κ1) is 14.9. The second-order valence-electron chi connectivity index (χ2n) is 6.60. The third kappa shape index (κ3) is 2.98. The Labute approximate surface area is 121 Å². The number of hydrogen-bond donors (Lipinski definition) is 1. The van der Waals surface area contributed by atoms with Gasteiger partial charge in [-0.15, -0.1) is 0 Å². The first-order valence-electron chi connectivity index (χ1n) is 7.15. The summed E-state index contributed by atoms with van der Waals surface area (Å²) in [6.07, 6.45) is 1.86. The molecule has 0 aliphatic rings. The van der Waals surface area contributed by atoms with Gasteiger partial charge in [0.1, 0.15) is 11.3 Å². The molecular formula is C17H25NO2. The fourth-order valence-electron chi connectivity index (χ4n) is 2.29. The van der Waals surface area contributed by atoms with Crippen molar-refractivity contribution in [2.24, 2.45) is 0 Å². The number of fused-ring (bicyclic) bond motifs is 1. The zero-order valence-electron chi connectivity index (χ0n) is 13.3. The van der Waals surface area contributed by atoms with E-state index >= 15 is 0 Å². The molecule has 0 fully saturated rings. The Hall–Kier alpha value is -1.48. The number of hydrogen-bond acceptors (Lipinski definition) is 3. The predicted molar refractivity (Wildman–Crippen MR) is 83.4 cm³/mol. The second kappa shape index (κ2) is 5.49. The van der Waals surface area contributed by atoms with E-state index in [9.17, 15) is 0 Å². The molecule has 0 amide bonds. The SMILES string of the molecule is COc1cc(C(C)(C)C)c2occ(CNC(C)C)c2c1. The molecule has 0 radical (unpaired) electrons. The van der Waals surface area contributed by atoms with Crippen LogP contribution in [0.3, 0.4) is 0 Å². The van der Waals surface area contributed by atoms with Crippen LogP contribution in [0.4, 0.5) is 0 Å². The van der Waals surface area contributed by atoms with Crippen molar-refractivity contribution >= 4 is 11.0 Å². The van der Waals surface area contributed by atoms with E-state index in [1.807, 2.05) is 6.26 Å². The van der Waals surface area contributed by atoms with Gasteiger partial charge in [0.2, 0.25) is 0 Å². The van der Waals surface area contributed by atoms with Gasteiger partial charge in [0.15, 0.2) is 0 Å². The summed E-state index contributed by atoms with van der Waals surface area (Å²) in [4.78, 5) is 0. The molecule has 3 nitrogen and oxygen atoms in total. The maximum absolute atomic E-state index is 5.84. The lowest BCUT2D eigenvalue weighted by Crippen LogP contribution is -2.21. The average Bonchev–Trinajstić information content (AvgIpc) is 2.76. The molecule has 0 saturated carbocycles. The Morgan fingerprint density at radius 2 is 1.95 bits per heavy atom. The van der Waals surface area contributed by atoms with Crippen LogP contribution >= 0.6 is 0 Å². The van der Waals surface area contributed by atoms with Crippen LogP contribution in [0.15, 0.2) is 22.8 Å². The molecule has 0 unspecified atom stereocenters. The molecule has 1 N–H and O–H groups in total. The third-order valence-corrected chi connectivity index (χ3v) is 3.47.